The fourth-order valence-electron chi connectivity index (χ4n) is 5.95. The van der Waals surface area contributed by atoms with Gasteiger partial charge in [-0.2, -0.15) is 0 Å². The van der Waals surface area contributed by atoms with Crippen LogP contribution in [0, 0.1) is 11.3 Å². The molecule has 3 unspecified atom stereocenters. The lowest BCUT2D eigenvalue weighted by molar-refractivity contribution is -0.136. The molecule has 3 amide bonds. The van der Waals surface area contributed by atoms with Crippen LogP contribution in [0.4, 0.5) is 4.79 Å². The van der Waals surface area contributed by atoms with Crippen molar-refractivity contribution >= 4 is 11.9 Å². The molecule has 5 heteroatoms. The number of hydrogen-bond acceptors (Lipinski definition) is 3. The summed E-state index contributed by atoms with van der Waals surface area (Å²) in [6, 6.07) is 8.52. The monoisotopic (exact) mass is 369 g/mol. The van der Waals surface area contributed by atoms with Crippen LogP contribution in [0.3, 0.4) is 0 Å². The summed E-state index contributed by atoms with van der Waals surface area (Å²) < 4.78 is 0. The van der Waals surface area contributed by atoms with E-state index in [0.717, 1.165) is 32.1 Å². The highest BCUT2D eigenvalue weighted by molar-refractivity contribution is 6.07. The first-order valence-electron chi connectivity index (χ1n) is 10.1. The van der Waals surface area contributed by atoms with Crippen molar-refractivity contribution in [3.8, 4) is 0 Å². The van der Waals surface area contributed by atoms with E-state index in [-0.39, 0.29) is 23.4 Å². The van der Waals surface area contributed by atoms with Crippen LogP contribution in [0.15, 0.2) is 24.3 Å². The van der Waals surface area contributed by atoms with E-state index in [0.29, 0.717) is 12.6 Å². The number of amides is 3. The van der Waals surface area contributed by atoms with Crippen LogP contribution in [-0.4, -0.2) is 41.0 Å². The molecule has 4 rings (SSSR count). The van der Waals surface area contributed by atoms with Crippen LogP contribution in [-0.2, 0) is 11.2 Å². The third-order valence-corrected chi connectivity index (χ3v) is 6.62. The average Bonchev–Trinajstić information content (AvgIpc) is 3.08. The number of hydrogen-bond donors (Lipinski definition) is 1. The van der Waals surface area contributed by atoms with Gasteiger partial charge in [0.2, 0.25) is 0 Å². The van der Waals surface area contributed by atoms with Crippen LogP contribution >= 0.6 is 0 Å². The normalized spacial score (nSPS) is 32.3. The lowest BCUT2D eigenvalue weighted by Crippen LogP contribution is -2.54. The van der Waals surface area contributed by atoms with Crippen LogP contribution < -0.4 is 5.32 Å². The van der Waals surface area contributed by atoms with Crippen molar-refractivity contribution < 1.29 is 9.59 Å². The molecule has 3 atom stereocenters. The van der Waals surface area contributed by atoms with E-state index in [1.54, 1.807) is 0 Å². The molecule has 1 saturated heterocycles. The Kier molecular flexibility index (Phi) is 4.34. The van der Waals surface area contributed by atoms with Crippen molar-refractivity contribution in [3.05, 3.63) is 35.4 Å². The van der Waals surface area contributed by atoms with E-state index < -0.39 is 5.54 Å². The molecule has 1 aromatic rings. The van der Waals surface area contributed by atoms with Gasteiger partial charge in [-0.3, -0.25) is 9.69 Å². The molecule has 146 valence electrons. The number of rotatable bonds is 3. The minimum absolute atomic E-state index is 0.0368. The summed E-state index contributed by atoms with van der Waals surface area (Å²) >= 11 is 0. The van der Waals surface area contributed by atoms with Crippen molar-refractivity contribution in [2.24, 2.45) is 11.3 Å². The van der Waals surface area contributed by atoms with Gasteiger partial charge in [0.25, 0.3) is 5.91 Å². The molecule has 2 fully saturated rings. The maximum Gasteiger partial charge on any atom is 0.326 e. The minimum Gasteiger partial charge on any atom is -0.323 e. The molecule has 1 saturated carbocycles. The molecule has 2 aliphatic carbocycles. The summed E-state index contributed by atoms with van der Waals surface area (Å²) in [4.78, 5) is 29.7. The summed E-state index contributed by atoms with van der Waals surface area (Å²) in [7, 11) is 2.02. The van der Waals surface area contributed by atoms with E-state index in [2.05, 4.69) is 55.3 Å². The number of nitrogens with one attached hydrogen (secondary N) is 1. The number of benzene rings is 1. The molecule has 1 spiro atoms. The molecule has 1 aromatic carbocycles. The second-order valence-corrected chi connectivity index (χ2v) is 9.75. The van der Waals surface area contributed by atoms with Gasteiger partial charge < -0.3 is 5.32 Å². The second kappa shape index (κ2) is 6.33. The largest absolute Gasteiger partial charge is 0.326 e. The van der Waals surface area contributed by atoms with E-state index >= 15 is 0 Å². The topological polar surface area (TPSA) is 52.7 Å². The highest BCUT2D eigenvalue weighted by atomic mass is 16.2. The summed E-state index contributed by atoms with van der Waals surface area (Å²) in [5.41, 5.74) is 2.06. The van der Waals surface area contributed by atoms with Crippen LogP contribution in [0.5, 0.6) is 0 Å². The van der Waals surface area contributed by atoms with Crippen molar-refractivity contribution in [2.75, 3.05) is 13.7 Å². The zero-order valence-corrected chi connectivity index (χ0v) is 16.9. The molecule has 0 aromatic heterocycles. The molecule has 1 aliphatic heterocycles. The molecule has 5 nitrogen and oxygen atoms in total. The molecule has 0 bridgehead atoms. The Labute approximate surface area is 162 Å². The first-order valence-corrected chi connectivity index (χ1v) is 10.1. The maximum absolute atomic E-state index is 13.3. The predicted molar refractivity (Wildman–Crippen MR) is 105 cm³/mol. The molecular formula is C22H31N3O2. The lowest BCUT2D eigenvalue weighted by Gasteiger charge is -2.44. The zero-order valence-electron chi connectivity index (χ0n) is 16.9. The number of carbonyl (C=O) groups is 2. The first kappa shape index (κ1) is 18.5. The Morgan fingerprint density at radius 1 is 1.22 bits per heavy atom. The highest BCUT2D eigenvalue weighted by Crippen LogP contribution is 2.46. The quantitative estimate of drug-likeness (QED) is 0.827. The molecular weight excluding hydrogens is 338 g/mol. The van der Waals surface area contributed by atoms with E-state index in [9.17, 15) is 9.59 Å². The van der Waals surface area contributed by atoms with Gasteiger partial charge in [0.1, 0.15) is 5.54 Å². The minimum atomic E-state index is -0.716. The Balaban J connectivity index is 1.52. The number of urea groups is 1. The average molecular weight is 370 g/mol. The van der Waals surface area contributed by atoms with Gasteiger partial charge in [0.15, 0.2) is 0 Å². The fourth-order valence-corrected chi connectivity index (χ4v) is 5.95. The lowest BCUT2D eigenvalue weighted by atomic mass is 9.64. The summed E-state index contributed by atoms with van der Waals surface area (Å²) in [5, 5.41) is 3.08. The Bertz CT molecular complexity index is 775. The summed E-state index contributed by atoms with van der Waals surface area (Å²) in [6.07, 6.45) is 4.65. The van der Waals surface area contributed by atoms with Gasteiger partial charge in [-0.05, 0) is 61.6 Å². The summed E-state index contributed by atoms with van der Waals surface area (Å²) in [5.74, 6) is 0.391. The van der Waals surface area contributed by atoms with E-state index in [1.807, 2.05) is 7.05 Å². The Hall–Kier alpha value is -1.88. The standard InChI is InChI=1S/C22H31N3O2/c1-15-11-21(2,3)13-22(12-15)19(26)25(20(27)23-22)14-24(4)18-10-9-16-7-5-6-8-17(16)18/h5-8,15,18H,9-14H2,1-4H3,(H,23,27). The van der Waals surface area contributed by atoms with Gasteiger partial charge >= 0.3 is 6.03 Å². The number of nitrogens with zero attached hydrogens (tertiary/aromatic N) is 2. The van der Waals surface area contributed by atoms with Crippen molar-refractivity contribution in [3.63, 3.8) is 0 Å². The first-order chi connectivity index (χ1) is 12.7. The molecule has 1 N–H and O–H groups in total. The van der Waals surface area contributed by atoms with Crippen LogP contribution in [0.1, 0.15) is 63.6 Å². The number of fused-ring (bicyclic) bond motifs is 1. The number of carbonyl (C=O) groups excluding carboxylic acids is 2. The predicted octanol–water partition coefficient (Wildman–Crippen LogP) is 3.70. The highest BCUT2D eigenvalue weighted by Gasteiger charge is 2.56. The van der Waals surface area contributed by atoms with Gasteiger partial charge in [-0.1, -0.05) is 45.0 Å². The van der Waals surface area contributed by atoms with Gasteiger partial charge in [-0.25, -0.2) is 9.69 Å². The van der Waals surface area contributed by atoms with Crippen LogP contribution in [0.25, 0.3) is 0 Å². The third-order valence-electron chi connectivity index (χ3n) is 6.62. The SMILES string of the molecule is CC1CC(C)(C)CC2(C1)NC(=O)N(CN(C)C1CCc3ccccc31)C2=O. The van der Waals surface area contributed by atoms with Gasteiger partial charge in [0, 0.05) is 6.04 Å². The zero-order chi connectivity index (χ0) is 19.4. The molecule has 1 heterocycles. The van der Waals surface area contributed by atoms with Crippen molar-refractivity contribution in [1.29, 1.82) is 0 Å². The number of imide groups is 1. The fraction of sp³-hybridized carbons (Fsp3) is 0.636. The van der Waals surface area contributed by atoms with E-state index in [1.165, 1.54) is 16.0 Å². The maximum atomic E-state index is 13.3. The van der Waals surface area contributed by atoms with Crippen LogP contribution in [0.2, 0.25) is 0 Å². The number of aryl methyl sites for hydroxylation is 1. The molecule has 3 aliphatic rings. The summed E-state index contributed by atoms with van der Waals surface area (Å²) in [6.45, 7) is 6.94. The third kappa shape index (κ3) is 3.16. The molecule has 27 heavy (non-hydrogen) atoms. The Morgan fingerprint density at radius 3 is 2.70 bits per heavy atom. The van der Waals surface area contributed by atoms with E-state index in [4.69, 9.17) is 0 Å². The van der Waals surface area contributed by atoms with Crippen molar-refractivity contribution in [1.82, 2.24) is 15.1 Å². The van der Waals surface area contributed by atoms with Crippen molar-refractivity contribution in [2.45, 2.75) is 64.5 Å². The van der Waals surface area contributed by atoms with Gasteiger partial charge in [-0.15, -0.1) is 0 Å². The Morgan fingerprint density at radius 2 is 1.96 bits per heavy atom. The second-order valence-electron chi connectivity index (χ2n) is 9.75. The smallest absolute Gasteiger partial charge is 0.323 e. The van der Waals surface area contributed by atoms with Gasteiger partial charge in [0.05, 0.1) is 6.67 Å². The molecule has 0 radical (unpaired) electrons.